The topological polar surface area (TPSA) is 75.7 Å². The zero-order valence-electron chi connectivity index (χ0n) is 15.0. The third kappa shape index (κ3) is 5.12. The van der Waals surface area contributed by atoms with Gasteiger partial charge in [0.15, 0.2) is 0 Å². The van der Waals surface area contributed by atoms with E-state index >= 15 is 0 Å². The van der Waals surface area contributed by atoms with Gasteiger partial charge in [-0.05, 0) is 44.2 Å². The molecule has 0 heterocycles. The Hall–Kier alpha value is -2.25. The maximum Gasteiger partial charge on any atom is 0.257 e. The number of carbonyl (C=O) groups excluding carboxylic acids is 1. The van der Waals surface area contributed by atoms with Gasteiger partial charge in [0.2, 0.25) is 10.0 Å². The molecule has 1 N–H and O–H groups in total. The van der Waals surface area contributed by atoms with Crippen molar-refractivity contribution in [1.29, 1.82) is 0 Å². The predicted molar refractivity (Wildman–Crippen MR) is 105 cm³/mol. The highest BCUT2D eigenvalue weighted by Crippen LogP contribution is 2.26. The molecule has 2 aromatic rings. The molecule has 0 atom stereocenters. The van der Waals surface area contributed by atoms with E-state index in [1.54, 1.807) is 24.3 Å². The first kappa shape index (κ1) is 20.1. The van der Waals surface area contributed by atoms with Crippen molar-refractivity contribution in [2.24, 2.45) is 0 Å². The Kier molecular flexibility index (Phi) is 6.15. The van der Waals surface area contributed by atoms with Crippen LogP contribution in [0.3, 0.4) is 0 Å². The molecule has 0 saturated carbocycles. The fourth-order valence-corrected chi connectivity index (χ4v) is 2.89. The molecule has 0 unspecified atom stereocenters. The van der Waals surface area contributed by atoms with Crippen molar-refractivity contribution in [2.75, 3.05) is 22.9 Å². The smallest absolute Gasteiger partial charge is 0.257 e. The highest BCUT2D eigenvalue weighted by molar-refractivity contribution is 7.92. The molecule has 26 heavy (non-hydrogen) atoms. The summed E-state index contributed by atoms with van der Waals surface area (Å²) >= 11 is 6.12. The van der Waals surface area contributed by atoms with Gasteiger partial charge in [0.1, 0.15) is 5.75 Å². The molecule has 0 aliphatic heterocycles. The van der Waals surface area contributed by atoms with Crippen LogP contribution in [0, 0.1) is 0 Å². The van der Waals surface area contributed by atoms with E-state index in [2.05, 4.69) is 5.32 Å². The van der Waals surface area contributed by atoms with Crippen LogP contribution >= 0.6 is 11.6 Å². The molecule has 0 aromatic heterocycles. The third-order valence-corrected chi connectivity index (χ3v) is 5.05. The number of anilines is 2. The van der Waals surface area contributed by atoms with Gasteiger partial charge in [-0.1, -0.05) is 17.7 Å². The summed E-state index contributed by atoms with van der Waals surface area (Å²) < 4.78 is 30.1. The lowest BCUT2D eigenvalue weighted by Gasteiger charge is -2.18. The molecule has 2 aromatic carbocycles. The summed E-state index contributed by atoms with van der Waals surface area (Å²) in [6, 6.07) is 11.5. The molecular weight excluding hydrogens is 376 g/mol. The average molecular weight is 397 g/mol. The van der Waals surface area contributed by atoms with Crippen molar-refractivity contribution >= 4 is 38.9 Å². The molecule has 0 aliphatic rings. The van der Waals surface area contributed by atoms with Crippen LogP contribution in [0.5, 0.6) is 5.75 Å². The van der Waals surface area contributed by atoms with Crippen molar-refractivity contribution in [2.45, 2.75) is 20.0 Å². The summed E-state index contributed by atoms with van der Waals surface area (Å²) in [6.45, 7) is 3.82. The number of rotatable bonds is 6. The van der Waals surface area contributed by atoms with E-state index in [1.165, 1.54) is 25.2 Å². The Balaban J connectivity index is 2.27. The van der Waals surface area contributed by atoms with Crippen LogP contribution in [0.2, 0.25) is 5.02 Å². The molecule has 0 radical (unpaired) electrons. The summed E-state index contributed by atoms with van der Waals surface area (Å²) in [5.41, 5.74) is 1.07. The minimum absolute atomic E-state index is 0.0126. The fourth-order valence-electron chi connectivity index (χ4n) is 2.19. The fraction of sp³-hybridized carbons (Fsp3) is 0.278. The molecule has 6 nitrogen and oxygen atoms in total. The summed E-state index contributed by atoms with van der Waals surface area (Å²) in [7, 11) is -2.04. The first-order chi connectivity index (χ1) is 12.1. The average Bonchev–Trinajstić information content (AvgIpc) is 2.53. The SMILES string of the molecule is CC(C)Oc1cccc(NC(=O)c2cc(N(C)S(C)(=O)=O)ccc2Cl)c1. The van der Waals surface area contributed by atoms with Gasteiger partial charge in [-0.25, -0.2) is 8.42 Å². The Labute approximate surface area is 158 Å². The Morgan fingerprint density at radius 3 is 2.50 bits per heavy atom. The number of hydrogen-bond donors (Lipinski definition) is 1. The predicted octanol–water partition coefficient (Wildman–Crippen LogP) is 3.78. The van der Waals surface area contributed by atoms with Crippen LogP contribution in [0.25, 0.3) is 0 Å². The molecule has 1 amide bonds. The number of ether oxygens (including phenoxy) is 1. The van der Waals surface area contributed by atoms with Crippen molar-refractivity contribution in [3.05, 3.63) is 53.1 Å². The van der Waals surface area contributed by atoms with E-state index in [0.29, 0.717) is 17.1 Å². The van der Waals surface area contributed by atoms with Gasteiger partial charge < -0.3 is 10.1 Å². The Morgan fingerprint density at radius 1 is 1.19 bits per heavy atom. The molecule has 2 rings (SSSR count). The second-order valence-corrected chi connectivity index (χ2v) is 8.46. The van der Waals surface area contributed by atoms with Gasteiger partial charge >= 0.3 is 0 Å². The number of carbonyl (C=O) groups is 1. The molecule has 140 valence electrons. The lowest BCUT2D eigenvalue weighted by atomic mass is 10.1. The second-order valence-electron chi connectivity index (χ2n) is 6.04. The Bertz CT molecular complexity index is 913. The van der Waals surface area contributed by atoms with Crippen LogP contribution in [0.1, 0.15) is 24.2 Å². The zero-order chi connectivity index (χ0) is 19.5. The standard InChI is InChI=1S/C18H21ClN2O4S/c1-12(2)25-15-7-5-6-13(10-15)20-18(22)16-11-14(8-9-17(16)19)21(3)26(4,23)24/h5-12H,1-4H3,(H,20,22). The lowest BCUT2D eigenvalue weighted by molar-refractivity contribution is 0.102. The lowest BCUT2D eigenvalue weighted by Crippen LogP contribution is -2.25. The van der Waals surface area contributed by atoms with Gasteiger partial charge in [-0.15, -0.1) is 0 Å². The van der Waals surface area contributed by atoms with Crippen LogP contribution < -0.4 is 14.4 Å². The number of halogens is 1. The number of sulfonamides is 1. The molecule has 0 bridgehead atoms. The van der Waals surface area contributed by atoms with E-state index in [1.807, 2.05) is 13.8 Å². The number of amides is 1. The van der Waals surface area contributed by atoms with E-state index in [9.17, 15) is 13.2 Å². The van der Waals surface area contributed by atoms with Gasteiger partial charge in [-0.2, -0.15) is 0 Å². The molecule has 0 spiro atoms. The largest absolute Gasteiger partial charge is 0.491 e. The molecule has 0 fully saturated rings. The quantitative estimate of drug-likeness (QED) is 0.806. The first-order valence-corrected chi connectivity index (χ1v) is 10.1. The minimum Gasteiger partial charge on any atom is -0.491 e. The Morgan fingerprint density at radius 2 is 1.88 bits per heavy atom. The van der Waals surface area contributed by atoms with E-state index in [4.69, 9.17) is 16.3 Å². The van der Waals surface area contributed by atoms with Crippen molar-refractivity contribution < 1.29 is 17.9 Å². The van der Waals surface area contributed by atoms with Crippen LogP contribution in [0.4, 0.5) is 11.4 Å². The summed E-state index contributed by atoms with van der Waals surface area (Å²) in [4.78, 5) is 12.6. The van der Waals surface area contributed by atoms with Crippen LogP contribution in [-0.4, -0.2) is 33.7 Å². The minimum atomic E-state index is -3.45. The normalized spacial score (nSPS) is 11.3. The third-order valence-electron chi connectivity index (χ3n) is 3.52. The van der Waals surface area contributed by atoms with E-state index < -0.39 is 15.9 Å². The van der Waals surface area contributed by atoms with Gasteiger partial charge in [0.25, 0.3) is 5.91 Å². The van der Waals surface area contributed by atoms with Crippen molar-refractivity contribution in [3.63, 3.8) is 0 Å². The van der Waals surface area contributed by atoms with Crippen LogP contribution in [0.15, 0.2) is 42.5 Å². The molecular formula is C18H21ClN2O4S. The summed E-state index contributed by atoms with van der Waals surface area (Å²) in [5.74, 6) is 0.190. The number of nitrogens with zero attached hydrogens (tertiary/aromatic N) is 1. The maximum atomic E-state index is 12.6. The van der Waals surface area contributed by atoms with E-state index in [0.717, 1.165) is 10.6 Å². The second kappa shape index (κ2) is 7.97. The molecule has 0 aliphatic carbocycles. The monoisotopic (exact) mass is 396 g/mol. The van der Waals surface area contributed by atoms with Gasteiger partial charge in [-0.3, -0.25) is 9.10 Å². The van der Waals surface area contributed by atoms with Gasteiger partial charge in [0, 0.05) is 18.8 Å². The highest BCUT2D eigenvalue weighted by atomic mass is 35.5. The molecule has 0 saturated heterocycles. The van der Waals surface area contributed by atoms with Crippen molar-refractivity contribution in [1.82, 2.24) is 0 Å². The van der Waals surface area contributed by atoms with E-state index in [-0.39, 0.29) is 16.7 Å². The maximum absolute atomic E-state index is 12.6. The van der Waals surface area contributed by atoms with Crippen LogP contribution in [-0.2, 0) is 10.0 Å². The summed E-state index contributed by atoms with van der Waals surface area (Å²) in [5, 5.41) is 2.97. The number of nitrogens with one attached hydrogen (secondary N) is 1. The molecule has 8 heteroatoms. The zero-order valence-corrected chi connectivity index (χ0v) is 16.6. The number of benzene rings is 2. The van der Waals surface area contributed by atoms with Gasteiger partial charge in [0.05, 0.1) is 28.6 Å². The summed E-state index contributed by atoms with van der Waals surface area (Å²) in [6.07, 6.45) is 1.10. The van der Waals surface area contributed by atoms with Crippen molar-refractivity contribution in [3.8, 4) is 5.75 Å². The highest BCUT2D eigenvalue weighted by Gasteiger charge is 2.17. The number of hydrogen-bond acceptors (Lipinski definition) is 4. The first-order valence-electron chi connectivity index (χ1n) is 7.89.